The van der Waals surface area contributed by atoms with Gasteiger partial charge in [0.1, 0.15) is 0 Å². The maximum absolute atomic E-state index is 2.33. The van der Waals surface area contributed by atoms with Crippen LogP contribution in [0.15, 0.2) is 0 Å². The molecule has 0 radical (unpaired) electrons. The summed E-state index contributed by atoms with van der Waals surface area (Å²) in [6, 6.07) is 1.52. The molecule has 0 aromatic rings. The van der Waals surface area contributed by atoms with E-state index in [1.165, 1.54) is 41.6 Å². The van der Waals surface area contributed by atoms with Gasteiger partial charge in [-0.05, 0) is 40.5 Å². The van der Waals surface area contributed by atoms with E-state index in [0.717, 1.165) is 12.1 Å². The van der Waals surface area contributed by atoms with E-state index in [1.54, 1.807) is 0 Å². The van der Waals surface area contributed by atoms with Crippen LogP contribution < -0.4 is 4.90 Å². The Kier molecular flexibility index (Phi) is 21.4. The average Bonchev–Trinajstić information content (AvgIpc) is 2.25. The van der Waals surface area contributed by atoms with Crippen molar-refractivity contribution in [2.75, 3.05) is 34.7 Å². The summed E-state index contributed by atoms with van der Waals surface area (Å²) < 4.78 is 1.17. The smallest absolute Gasteiger partial charge is 0.0829 e. The van der Waals surface area contributed by atoms with Crippen LogP contribution in [0.25, 0.3) is 0 Å². The molecule has 3 N–H and O–H groups in total. The molecule has 20 heavy (non-hydrogen) atoms. The van der Waals surface area contributed by atoms with Crippen LogP contribution in [0.3, 0.4) is 0 Å². The Hall–Kier alpha value is -0.160. The number of nitrogens with one attached hydrogen (secondary N) is 1. The number of nitrogens with zero attached hydrogens (tertiary/aromatic N) is 1. The monoisotopic (exact) mass is 294 g/mol. The maximum Gasteiger partial charge on any atom is 0.0829 e. The molecule has 0 saturated carbocycles. The van der Waals surface area contributed by atoms with Gasteiger partial charge in [-0.25, -0.2) is 0 Å². The third-order valence-electron chi connectivity index (χ3n) is 4.14. The number of hydrogen-bond acceptors (Lipinski definition) is 2. The molecule has 0 rings (SSSR count). The Labute approximate surface area is 128 Å². The molecular weight excluding hydrogens is 252 g/mol. The van der Waals surface area contributed by atoms with E-state index in [0.29, 0.717) is 0 Å². The predicted molar refractivity (Wildman–Crippen MR) is 88.1 cm³/mol. The van der Waals surface area contributed by atoms with Crippen LogP contribution in [0.4, 0.5) is 0 Å². The topological polar surface area (TPSA) is 64.4 Å². The van der Waals surface area contributed by atoms with E-state index in [1.807, 2.05) is 0 Å². The Bertz CT molecular complexity index is 175. The molecule has 4 heteroatoms. The molecule has 0 unspecified atom stereocenters. The van der Waals surface area contributed by atoms with Crippen molar-refractivity contribution in [3.63, 3.8) is 0 Å². The highest BCUT2D eigenvalue weighted by Gasteiger charge is 2.18. The molecule has 0 amide bonds. The number of quaternary nitrogens is 2. The normalized spacial score (nSPS) is 10.8. The van der Waals surface area contributed by atoms with Gasteiger partial charge >= 0.3 is 0 Å². The van der Waals surface area contributed by atoms with E-state index in [4.69, 9.17) is 0 Å². The zero-order valence-corrected chi connectivity index (χ0v) is 15.5. The third kappa shape index (κ3) is 17.8. The van der Waals surface area contributed by atoms with Gasteiger partial charge in [-0.2, -0.15) is 0 Å². The van der Waals surface area contributed by atoms with Gasteiger partial charge in [-0.3, -0.25) is 0 Å². The van der Waals surface area contributed by atoms with Crippen LogP contribution in [0.2, 0.25) is 0 Å². The van der Waals surface area contributed by atoms with Crippen molar-refractivity contribution in [1.29, 1.82) is 0 Å². The number of hydrogen-bond donors (Lipinski definition) is 1. The molecule has 0 aromatic carbocycles. The van der Waals surface area contributed by atoms with Gasteiger partial charge in [0.15, 0.2) is 0 Å². The highest BCUT2D eigenvalue weighted by molar-refractivity contribution is 4.44. The Balaban J connectivity index is -0.000000139. The summed E-state index contributed by atoms with van der Waals surface area (Å²) >= 11 is 0. The molecule has 4 nitrogen and oxygen atoms in total. The van der Waals surface area contributed by atoms with Crippen molar-refractivity contribution in [2.24, 2.45) is 0 Å². The van der Waals surface area contributed by atoms with E-state index in [-0.39, 0.29) is 11.0 Å². The van der Waals surface area contributed by atoms with Gasteiger partial charge in [0, 0.05) is 0 Å². The second kappa shape index (κ2) is 15.2. The van der Waals surface area contributed by atoms with Crippen molar-refractivity contribution in [3.8, 4) is 0 Å². The van der Waals surface area contributed by atoms with Crippen LogP contribution in [-0.2, 0) is 0 Å². The van der Waals surface area contributed by atoms with E-state index < -0.39 is 0 Å². The molecule has 0 atom stereocenters. The number of rotatable bonds is 7. The zero-order valence-electron chi connectivity index (χ0n) is 15.5. The second-order valence-corrected chi connectivity index (χ2v) is 6.89. The first-order valence-corrected chi connectivity index (χ1v) is 7.77. The molecule has 0 bridgehead atoms. The van der Waals surface area contributed by atoms with Gasteiger partial charge in [-0.1, -0.05) is 19.8 Å². The second-order valence-electron chi connectivity index (χ2n) is 6.89. The summed E-state index contributed by atoms with van der Waals surface area (Å²) in [5, 5.41) is 0. The summed E-state index contributed by atoms with van der Waals surface area (Å²) in [6.45, 7) is 12.6. The predicted octanol–water partition coefficient (Wildman–Crippen LogP) is 2.24. The minimum atomic E-state index is 0. The SMILES string of the molecule is CC(C)[NH+](C)C.CCCCCC[N+](C)(C)C(C)C.[OH-].[OH-]. The molecule has 0 heterocycles. The van der Waals surface area contributed by atoms with Gasteiger partial charge < -0.3 is 20.3 Å². The lowest BCUT2D eigenvalue weighted by Gasteiger charge is -2.34. The minimum absolute atomic E-state index is 0. The molecule has 0 aliphatic heterocycles. The summed E-state index contributed by atoms with van der Waals surface area (Å²) in [4.78, 5) is 1.51. The molecule has 0 aliphatic rings. The quantitative estimate of drug-likeness (QED) is 0.578. The lowest BCUT2D eigenvalue weighted by atomic mass is 10.1. The molecule has 0 fully saturated rings. The van der Waals surface area contributed by atoms with Gasteiger partial charge in [0.25, 0.3) is 0 Å². The summed E-state index contributed by atoms with van der Waals surface area (Å²) in [6.07, 6.45) is 5.54. The summed E-state index contributed by atoms with van der Waals surface area (Å²) in [7, 11) is 8.97. The Morgan fingerprint density at radius 1 is 0.850 bits per heavy atom. The lowest BCUT2D eigenvalue weighted by molar-refractivity contribution is -0.911. The average molecular weight is 295 g/mol. The van der Waals surface area contributed by atoms with Crippen molar-refractivity contribution in [1.82, 2.24) is 0 Å². The van der Waals surface area contributed by atoms with Crippen LogP contribution in [0.5, 0.6) is 0 Å². The fraction of sp³-hybridized carbons (Fsp3) is 1.00. The van der Waals surface area contributed by atoms with E-state index in [2.05, 4.69) is 62.8 Å². The van der Waals surface area contributed by atoms with E-state index in [9.17, 15) is 0 Å². The highest BCUT2D eigenvalue weighted by atomic mass is 16.0. The maximum atomic E-state index is 2.33. The minimum Gasteiger partial charge on any atom is -0.870 e. The standard InChI is InChI=1S/C11H26N.C5H13N.2H2O/c1-6-7-8-9-10-12(4,5)11(2)3;1-5(2)6(3)4;;/h11H,6-10H2,1-5H3;5H,1-4H3;2*1H2/q+1;;;/p-1. The first-order chi connectivity index (χ1) is 8.15. The van der Waals surface area contributed by atoms with Crippen LogP contribution in [0, 0.1) is 0 Å². The van der Waals surface area contributed by atoms with Crippen molar-refractivity contribution in [2.45, 2.75) is 72.4 Å². The lowest BCUT2D eigenvalue weighted by Crippen LogP contribution is -3.09. The Morgan fingerprint density at radius 3 is 1.50 bits per heavy atom. The van der Waals surface area contributed by atoms with Crippen LogP contribution >= 0.6 is 0 Å². The van der Waals surface area contributed by atoms with Crippen molar-refractivity contribution < 1.29 is 20.3 Å². The largest absolute Gasteiger partial charge is 0.870 e. The first-order valence-electron chi connectivity index (χ1n) is 7.77. The molecule has 0 aliphatic carbocycles. The van der Waals surface area contributed by atoms with Crippen molar-refractivity contribution in [3.05, 3.63) is 0 Å². The fourth-order valence-electron chi connectivity index (χ4n) is 1.20. The first kappa shape index (κ1) is 28.1. The van der Waals surface area contributed by atoms with Crippen LogP contribution in [0.1, 0.15) is 60.3 Å². The molecule has 128 valence electrons. The third-order valence-corrected chi connectivity index (χ3v) is 4.14. The zero-order chi connectivity index (χ0) is 14.8. The van der Waals surface area contributed by atoms with E-state index >= 15 is 0 Å². The fourth-order valence-corrected chi connectivity index (χ4v) is 1.20. The highest BCUT2D eigenvalue weighted by Crippen LogP contribution is 2.09. The Morgan fingerprint density at radius 2 is 1.25 bits per heavy atom. The molecule has 0 aromatic heterocycles. The molecule has 0 spiro atoms. The molecular formula is C16H42N2O2. The van der Waals surface area contributed by atoms with Gasteiger partial charge in [0.05, 0.1) is 46.8 Å². The van der Waals surface area contributed by atoms with Crippen LogP contribution in [-0.4, -0.2) is 62.3 Å². The summed E-state index contributed by atoms with van der Waals surface area (Å²) in [5.74, 6) is 0. The van der Waals surface area contributed by atoms with Gasteiger partial charge in [-0.15, -0.1) is 0 Å². The number of unbranched alkanes of at least 4 members (excludes halogenated alkanes) is 3. The van der Waals surface area contributed by atoms with Gasteiger partial charge in [0.2, 0.25) is 0 Å². The summed E-state index contributed by atoms with van der Waals surface area (Å²) in [5.41, 5.74) is 0. The van der Waals surface area contributed by atoms with Crippen molar-refractivity contribution >= 4 is 0 Å². The molecule has 0 saturated heterocycles.